The summed E-state index contributed by atoms with van der Waals surface area (Å²) in [7, 11) is 0. The number of anilines is 2. The number of halogens is 1. The molecule has 2 bridgehead atoms. The van der Waals surface area contributed by atoms with Gasteiger partial charge in [-0.25, -0.2) is 19.3 Å². The quantitative estimate of drug-likeness (QED) is 0.468. The van der Waals surface area contributed by atoms with Gasteiger partial charge < -0.3 is 10.2 Å². The largest absolute Gasteiger partial charge is 0.366 e. The molecule has 2 fully saturated rings. The van der Waals surface area contributed by atoms with Crippen LogP contribution >= 0.6 is 0 Å². The van der Waals surface area contributed by atoms with Gasteiger partial charge in [0.1, 0.15) is 17.3 Å². The molecule has 1 aromatic carbocycles. The van der Waals surface area contributed by atoms with Crippen LogP contribution in [-0.4, -0.2) is 55.5 Å². The van der Waals surface area contributed by atoms with E-state index in [4.69, 9.17) is 4.98 Å². The number of nitrogens with zero attached hydrogens (tertiary/aromatic N) is 6. The van der Waals surface area contributed by atoms with Crippen LogP contribution in [0.2, 0.25) is 0 Å². The molecule has 0 radical (unpaired) electrons. The van der Waals surface area contributed by atoms with Crippen molar-refractivity contribution in [3.63, 3.8) is 0 Å². The second kappa shape index (κ2) is 8.36. The topological polar surface area (TPSA) is 61.6 Å². The summed E-state index contributed by atoms with van der Waals surface area (Å²) >= 11 is 0. The average Bonchev–Trinajstić information content (AvgIpc) is 3.59. The summed E-state index contributed by atoms with van der Waals surface area (Å²) < 4.78 is 16.1. The molecular weight excluding hydrogens is 429 g/mol. The number of likely N-dealkylation sites (tertiary alicyclic amines) is 1. The molecule has 0 spiro atoms. The number of piperazine rings is 1. The third-order valence-corrected chi connectivity index (χ3v) is 7.05. The third kappa shape index (κ3) is 3.68. The molecule has 2 atom stereocenters. The van der Waals surface area contributed by atoms with E-state index in [0.29, 0.717) is 36.1 Å². The van der Waals surface area contributed by atoms with Crippen molar-refractivity contribution in [1.82, 2.24) is 24.3 Å². The van der Waals surface area contributed by atoms with Crippen molar-refractivity contribution in [2.24, 2.45) is 0 Å². The molecule has 0 saturated carbocycles. The molecule has 6 rings (SSSR count). The predicted octanol–water partition coefficient (Wildman–Crippen LogP) is 4.21. The zero-order valence-corrected chi connectivity index (χ0v) is 19.4. The Hall–Kier alpha value is -3.52. The Kier molecular flexibility index (Phi) is 5.17. The highest BCUT2D eigenvalue weighted by Gasteiger charge is 2.45. The standard InChI is InChI=1S/C26H28FN7/c1-17(2)33-15-21-12-20(33)16-34(21)26-31-23(13-25-29-9-10-32(25)26)18-7-8-28-24(11-18)30-14-19-5-3-4-6-22(19)27/h3-11,13,17,20-21H,12,14-16H2,1-2H3,(H,28,30)/t20-,21-/m0/s1. The molecule has 5 heterocycles. The van der Waals surface area contributed by atoms with Gasteiger partial charge in [-0.3, -0.25) is 9.30 Å². The molecule has 7 nitrogen and oxygen atoms in total. The number of nitrogens with one attached hydrogen (secondary N) is 1. The third-order valence-electron chi connectivity index (χ3n) is 7.05. The Morgan fingerprint density at radius 1 is 1.06 bits per heavy atom. The number of hydrogen-bond acceptors (Lipinski definition) is 6. The molecule has 34 heavy (non-hydrogen) atoms. The highest BCUT2D eigenvalue weighted by atomic mass is 19.1. The van der Waals surface area contributed by atoms with Crippen LogP contribution in [0.15, 0.2) is 61.1 Å². The number of rotatable bonds is 6. The van der Waals surface area contributed by atoms with E-state index >= 15 is 0 Å². The summed E-state index contributed by atoms with van der Waals surface area (Å²) in [6, 6.07) is 14.3. The minimum Gasteiger partial charge on any atom is -0.366 e. The molecule has 174 valence electrons. The van der Waals surface area contributed by atoms with Crippen molar-refractivity contribution < 1.29 is 4.39 Å². The van der Waals surface area contributed by atoms with Crippen LogP contribution in [0.1, 0.15) is 25.8 Å². The van der Waals surface area contributed by atoms with E-state index in [2.05, 4.69) is 43.3 Å². The van der Waals surface area contributed by atoms with Crippen molar-refractivity contribution in [3.8, 4) is 11.3 Å². The molecule has 2 aliphatic rings. The van der Waals surface area contributed by atoms with E-state index in [-0.39, 0.29) is 5.82 Å². The fourth-order valence-corrected chi connectivity index (χ4v) is 5.35. The molecule has 0 aliphatic carbocycles. The Balaban J connectivity index is 1.30. The van der Waals surface area contributed by atoms with Gasteiger partial charge in [0.25, 0.3) is 0 Å². The smallest absolute Gasteiger partial charge is 0.212 e. The van der Waals surface area contributed by atoms with Gasteiger partial charge in [-0.1, -0.05) is 18.2 Å². The first kappa shape index (κ1) is 21.0. The molecule has 4 aromatic rings. The predicted molar refractivity (Wildman–Crippen MR) is 131 cm³/mol. The van der Waals surface area contributed by atoms with Crippen LogP contribution in [0.25, 0.3) is 16.9 Å². The van der Waals surface area contributed by atoms with Crippen molar-refractivity contribution in [3.05, 3.63) is 72.4 Å². The summed E-state index contributed by atoms with van der Waals surface area (Å²) in [4.78, 5) is 19.1. The van der Waals surface area contributed by atoms with E-state index in [1.165, 1.54) is 12.5 Å². The van der Waals surface area contributed by atoms with Gasteiger partial charge in [0, 0.05) is 73.5 Å². The normalized spacial score (nSPS) is 20.1. The van der Waals surface area contributed by atoms with Crippen LogP contribution in [0.5, 0.6) is 0 Å². The Labute approximate surface area is 198 Å². The van der Waals surface area contributed by atoms with Crippen molar-refractivity contribution >= 4 is 17.4 Å². The fraction of sp³-hybridized carbons (Fsp3) is 0.346. The van der Waals surface area contributed by atoms with Crippen LogP contribution in [0, 0.1) is 5.82 Å². The summed E-state index contributed by atoms with van der Waals surface area (Å²) in [6.45, 7) is 6.98. The van der Waals surface area contributed by atoms with Crippen LogP contribution in [0.4, 0.5) is 16.2 Å². The van der Waals surface area contributed by atoms with Crippen LogP contribution in [-0.2, 0) is 6.54 Å². The lowest BCUT2D eigenvalue weighted by molar-refractivity contribution is 0.190. The Morgan fingerprint density at radius 2 is 1.94 bits per heavy atom. The van der Waals surface area contributed by atoms with Gasteiger partial charge in [-0.15, -0.1) is 0 Å². The fourth-order valence-electron chi connectivity index (χ4n) is 5.35. The first-order valence-corrected chi connectivity index (χ1v) is 11.9. The van der Waals surface area contributed by atoms with E-state index in [1.807, 2.05) is 36.7 Å². The summed E-state index contributed by atoms with van der Waals surface area (Å²) in [5, 5.41) is 3.24. The van der Waals surface area contributed by atoms with Gasteiger partial charge in [0.05, 0.1) is 5.69 Å². The van der Waals surface area contributed by atoms with Crippen LogP contribution < -0.4 is 10.2 Å². The lowest BCUT2D eigenvalue weighted by Crippen LogP contribution is -2.49. The Morgan fingerprint density at radius 3 is 2.74 bits per heavy atom. The first-order chi connectivity index (χ1) is 16.6. The lowest BCUT2D eigenvalue weighted by atomic mass is 10.1. The average molecular weight is 458 g/mol. The van der Waals surface area contributed by atoms with E-state index < -0.39 is 0 Å². The summed E-state index contributed by atoms with van der Waals surface area (Å²) in [5.41, 5.74) is 3.29. The zero-order valence-electron chi connectivity index (χ0n) is 19.4. The van der Waals surface area contributed by atoms with Gasteiger partial charge >= 0.3 is 0 Å². The molecule has 0 unspecified atom stereocenters. The lowest BCUT2D eigenvalue weighted by Gasteiger charge is -2.37. The van der Waals surface area contributed by atoms with Crippen molar-refractivity contribution in [2.45, 2.75) is 44.9 Å². The number of hydrogen-bond donors (Lipinski definition) is 1. The molecular formula is C26H28FN7. The molecule has 1 N–H and O–H groups in total. The second-order valence-electron chi connectivity index (χ2n) is 9.46. The number of aromatic nitrogens is 4. The van der Waals surface area contributed by atoms with Gasteiger partial charge in [-0.2, -0.15) is 0 Å². The van der Waals surface area contributed by atoms with E-state index in [9.17, 15) is 4.39 Å². The second-order valence-corrected chi connectivity index (χ2v) is 9.46. The number of fused-ring (bicyclic) bond motifs is 3. The van der Waals surface area contributed by atoms with Gasteiger partial charge in [-0.05, 0) is 38.5 Å². The highest BCUT2D eigenvalue weighted by Crippen LogP contribution is 2.36. The van der Waals surface area contributed by atoms with E-state index in [0.717, 1.165) is 35.9 Å². The number of benzene rings is 1. The zero-order chi connectivity index (χ0) is 23.2. The molecule has 8 heteroatoms. The number of pyridine rings is 1. The van der Waals surface area contributed by atoms with Crippen molar-refractivity contribution in [2.75, 3.05) is 23.3 Å². The summed E-state index contributed by atoms with van der Waals surface area (Å²) in [5.74, 6) is 1.40. The molecule has 0 amide bonds. The maximum Gasteiger partial charge on any atom is 0.212 e. The van der Waals surface area contributed by atoms with E-state index in [1.54, 1.807) is 18.3 Å². The minimum atomic E-state index is -0.224. The van der Waals surface area contributed by atoms with Crippen LogP contribution in [0.3, 0.4) is 0 Å². The monoisotopic (exact) mass is 457 g/mol. The summed E-state index contributed by atoms with van der Waals surface area (Å²) in [6.07, 6.45) is 6.75. The van der Waals surface area contributed by atoms with Crippen molar-refractivity contribution in [1.29, 1.82) is 0 Å². The van der Waals surface area contributed by atoms with Gasteiger partial charge in [0.15, 0.2) is 0 Å². The first-order valence-electron chi connectivity index (χ1n) is 11.9. The maximum absolute atomic E-state index is 14.0. The Bertz CT molecular complexity index is 1330. The maximum atomic E-state index is 14.0. The molecule has 2 aliphatic heterocycles. The van der Waals surface area contributed by atoms with Gasteiger partial charge in [0.2, 0.25) is 5.95 Å². The molecule has 2 saturated heterocycles. The SMILES string of the molecule is CC(C)N1C[C@@H]2C[C@H]1CN2c1nc(-c2ccnc(NCc3ccccc3F)c2)cc2nccn12. The molecule has 3 aromatic heterocycles. The minimum absolute atomic E-state index is 0.224. The highest BCUT2D eigenvalue weighted by molar-refractivity contribution is 5.68. The number of imidazole rings is 1.